The number of aromatic nitrogens is 2. The van der Waals surface area contributed by atoms with Crippen molar-refractivity contribution in [3.8, 4) is 0 Å². The van der Waals surface area contributed by atoms with E-state index in [1.54, 1.807) is 6.07 Å². The molecule has 0 radical (unpaired) electrons. The minimum atomic E-state index is -0.223. The van der Waals surface area contributed by atoms with E-state index in [2.05, 4.69) is 20.6 Å². The van der Waals surface area contributed by atoms with Crippen LogP contribution in [0.5, 0.6) is 0 Å². The van der Waals surface area contributed by atoms with Crippen molar-refractivity contribution in [2.75, 3.05) is 32.5 Å². The van der Waals surface area contributed by atoms with Crippen LogP contribution in [-0.4, -0.2) is 48.0 Å². The van der Waals surface area contributed by atoms with Gasteiger partial charge in [0.2, 0.25) is 0 Å². The van der Waals surface area contributed by atoms with Crippen molar-refractivity contribution in [3.63, 3.8) is 0 Å². The van der Waals surface area contributed by atoms with Gasteiger partial charge in [-0.3, -0.25) is 4.79 Å². The molecule has 2 N–H and O–H groups in total. The zero-order valence-electron chi connectivity index (χ0n) is 13.4. The maximum atomic E-state index is 12.1. The molecular formula is C16H20ClN5O. The Morgan fingerprint density at radius 3 is 2.74 bits per heavy atom. The average molecular weight is 334 g/mol. The Labute approximate surface area is 140 Å². The van der Waals surface area contributed by atoms with Gasteiger partial charge in [-0.1, -0.05) is 17.7 Å². The summed E-state index contributed by atoms with van der Waals surface area (Å²) in [6.07, 6.45) is 1.36. The highest BCUT2D eigenvalue weighted by atomic mass is 35.5. The van der Waals surface area contributed by atoms with Crippen molar-refractivity contribution < 1.29 is 4.79 Å². The summed E-state index contributed by atoms with van der Waals surface area (Å²) in [5.41, 5.74) is 2.12. The van der Waals surface area contributed by atoms with Gasteiger partial charge in [0, 0.05) is 29.9 Å². The standard InChI is InChI=1S/C16H20ClN5O/c1-11-4-5-12(8-13(11)17)21-15-9-14(19-10-20-15)16(23)18-6-7-22(2)3/h4-5,8-10H,6-7H2,1-3H3,(H,18,23)(H,19,20,21). The van der Waals surface area contributed by atoms with Gasteiger partial charge in [-0.2, -0.15) is 0 Å². The van der Waals surface area contributed by atoms with Crippen molar-refractivity contribution in [1.29, 1.82) is 0 Å². The molecule has 1 amide bonds. The zero-order chi connectivity index (χ0) is 16.8. The Balaban J connectivity index is 2.04. The van der Waals surface area contributed by atoms with E-state index in [0.29, 0.717) is 23.1 Å². The number of amides is 1. The number of carbonyl (C=O) groups is 1. The van der Waals surface area contributed by atoms with Gasteiger partial charge in [0.25, 0.3) is 5.91 Å². The highest BCUT2D eigenvalue weighted by molar-refractivity contribution is 6.31. The first-order valence-electron chi connectivity index (χ1n) is 7.24. The second kappa shape index (κ2) is 7.89. The summed E-state index contributed by atoms with van der Waals surface area (Å²) >= 11 is 6.10. The first-order valence-corrected chi connectivity index (χ1v) is 7.61. The third-order valence-corrected chi connectivity index (χ3v) is 3.60. The number of nitrogens with zero attached hydrogens (tertiary/aromatic N) is 3. The molecule has 1 aromatic heterocycles. The number of anilines is 2. The lowest BCUT2D eigenvalue weighted by Crippen LogP contribution is -2.31. The summed E-state index contributed by atoms with van der Waals surface area (Å²) in [6, 6.07) is 7.25. The molecule has 2 rings (SSSR count). The fourth-order valence-electron chi connectivity index (χ4n) is 1.85. The number of likely N-dealkylation sites (N-methyl/N-ethyl adjacent to an activating group) is 1. The van der Waals surface area contributed by atoms with E-state index in [1.807, 2.05) is 44.1 Å². The quantitative estimate of drug-likeness (QED) is 0.850. The van der Waals surface area contributed by atoms with Crippen molar-refractivity contribution in [2.24, 2.45) is 0 Å². The monoisotopic (exact) mass is 333 g/mol. The molecular weight excluding hydrogens is 314 g/mol. The van der Waals surface area contributed by atoms with Gasteiger partial charge in [-0.25, -0.2) is 9.97 Å². The number of halogens is 1. The number of carbonyl (C=O) groups excluding carboxylic acids is 1. The summed E-state index contributed by atoms with van der Waals surface area (Å²) in [4.78, 5) is 22.2. The molecule has 0 spiro atoms. The molecule has 0 unspecified atom stereocenters. The number of hydrogen-bond donors (Lipinski definition) is 2. The lowest BCUT2D eigenvalue weighted by atomic mass is 10.2. The molecule has 2 aromatic rings. The molecule has 0 fully saturated rings. The van der Waals surface area contributed by atoms with E-state index in [4.69, 9.17) is 11.6 Å². The van der Waals surface area contributed by atoms with Crippen LogP contribution in [0, 0.1) is 6.92 Å². The third-order valence-electron chi connectivity index (χ3n) is 3.19. The van der Waals surface area contributed by atoms with Crippen LogP contribution in [0.15, 0.2) is 30.6 Å². The van der Waals surface area contributed by atoms with Gasteiger partial charge in [0.1, 0.15) is 17.8 Å². The molecule has 0 saturated carbocycles. The Morgan fingerprint density at radius 2 is 2.04 bits per heavy atom. The predicted octanol–water partition coefficient (Wildman–Crippen LogP) is 2.47. The second-order valence-electron chi connectivity index (χ2n) is 5.44. The molecule has 0 atom stereocenters. The molecule has 122 valence electrons. The summed E-state index contributed by atoms with van der Waals surface area (Å²) in [7, 11) is 3.90. The Kier molecular flexibility index (Phi) is 5.90. The maximum Gasteiger partial charge on any atom is 0.270 e. The molecule has 6 nitrogen and oxygen atoms in total. The Bertz CT molecular complexity index is 690. The minimum Gasteiger partial charge on any atom is -0.349 e. The van der Waals surface area contributed by atoms with Crippen LogP contribution in [0.1, 0.15) is 16.1 Å². The van der Waals surface area contributed by atoms with Crippen molar-refractivity contribution in [3.05, 3.63) is 46.9 Å². The number of benzene rings is 1. The van der Waals surface area contributed by atoms with E-state index >= 15 is 0 Å². The van der Waals surface area contributed by atoms with Crippen molar-refractivity contribution in [2.45, 2.75) is 6.92 Å². The minimum absolute atomic E-state index is 0.223. The Hall–Kier alpha value is -2.18. The van der Waals surface area contributed by atoms with E-state index in [-0.39, 0.29) is 5.91 Å². The number of rotatable bonds is 6. The first-order chi connectivity index (χ1) is 11.0. The number of nitrogens with one attached hydrogen (secondary N) is 2. The first kappa shape index (κ1) is 17.2. The van der Waals surface area contributed by atoms with Crippen molar-refractivity contribution in [1.82, 2.24) is 20.2 Å². The van der Waals surface area contributed by atoms with Gasteiger partial charge in [-0.15, -0.1) is 0 Å². The summed E-state index contributed by atoms with van der Waals surface area (Å²) in [6.45, 7) is 3.27. The van der Waals surface area contributed by atoms with E-state index in [0.717, 1.165) is 17.8 Å². The lowest BCUT2D eigenvalue weighted by molar-refractivity contribution is 0.0946. The molecule has 0 saturated heterocycles. The molecule has 1 heterocycles. The van der Waals surface area contributed by atoms with Gasteiger partial charge in [0.15, 0.2) is 0 Å². The summed E-state index contributed by atoms with van der Waals surface area (Å²) in [5, 5.41) is 6.61. The van der Waals surface area contributed by atoms with Gasteiger partial charge in [0.05, 0.1) is 0 Å². The summed E-state index contributed by atoms with van der Waals surface area (Å²) in [5.74, 6) is 0.317. The third kappa shape index (κ3) is 5.19. The average Bonchev–Trinajstić information content (AvgIpc) is 2.51. The van der Waals surface area contributed by atoms with E-state index in [1.165, 1.54) is 6.33 Å². The maximum absolute atomic E-state index is 12.1. The van der Waals surface area contributed by atoms with Crippen LogP contribution in [0.25, 0.3) is 0 Å². The fraction of sp³-hybridized carbons (Fsp3) is 0.312. The SMILES string of the molecule is Cc1ccc(Nc2cc(C(=O)NCCN(C)C)ncn2)cc1Cl. The van der Waals surface area contributed by atoms with Gasteiger partial charge >= 0.3 is 0 Å². The van der Waals surface area contributed by atoms with Crippen LogP contribution in [-0.2, 0) is 0 Å². The normalized spacial score (nSPS) is 10.7. The second-order valence-corrected chi connectivity index (χ2v) is 5.84. The topological polar surface area (TPSA) is 70.2 Å². The molecule has 0 aliphatic heterocycles. The largest absolute Gasteiger partial charge is 0.349 e. The fourth-order valence-corrected chi connectivity index (χ4v) is 2.03. The molecule has 1 aromatic carbocycles. The smallest absolute Gasteiger partial charge is 0.270 e. The number of aryl methyl sites for hydroxylation is 1. The van der Waals surface area contributed by atoms with Gasteiger partial charge in [-0.05, 0) is 38.7 Å². The van der Waals surface area contributed by atoms with Gasteiger partial charge < -0.3 is 15.5 Å². The Morgan fingerprint density at radius 1 is 1.26 bits per heavy atom. The molecule has 0 aliphatic rings. The number of hydrogen-bond acceptors (Lipinski definition) is 5. The van der Waals surface area contributed by atoms with E-state index in [9.17, 15) is 4.79 Å². The lowest BCUT2D eigenvalue weighted by Gasteiger charge is -2.11. The highest BCUT2D eigenvalue weighted by Gasteiger charge is 2.09. The zero-order valence-corrected chi connectivity index (χ0v) is 14.2. The van der Waals surface area contributed by atoms with Crippen LogP contribution >= 0.6 is 11.6 Å². The van der Waals surface area contributed by atoms with E-state index < -0.39 is 0 Å². The predicted molar refractivity (Wildman–Crippen MR) is 92.4 cm³/mol. The van der Waals surface area contributed by atoms with Crippen LogP contribution < -0.4 is 10.6 Å². The molecule has 0 bridgehead atoms. The molecule has 23 heavy (non-hydrogen) atoms. The van der Waals surface area contributed by atoms with Crippen LogP contribution in [0.4, 0.5) is 11.5 Å². The molecule has 0 aliphatic carbocycles. The van der Waals surface area contributed by atoms with Crippen LogP contribution in [0.2, 0.25) is 5.02 Å². The van der Waals surface area contributed by atoms with Crippen LogP contribution in [0.3, 0.4) is 0 Å². The van der Waals surface area contributed by atoms with Crippen molar-refractivity contribution >= 4 is 29.0 Å². The highest BCUT2D eigenvalue weighted by Crippen LogP contribution is 2.22. The molecule has 7 heteroatoms. The summed E-state index contributed by atoms with van der Waals surface area (Å²) < 4.78 is 0.